The molecule has 2 aromatic carbocycles. The number of hydrogen-bond donors (Lipinski definition) is 3. The third-order valence-electron chi connectivity index (χ3n) is 4.25. The van der Waals surface area contributed by atoms with Crippen molar-refractivity contribution >= 4 is 11.9 Å². The Hall–Kier alpha value is -3.22. The summed E-state index contributed by atoms with van der Waals surface area (Å²) in [6.45, 7) is 6.31. The molecule has 0 radical (unpaired) electrons. The molecule has 0 atom stereocenters. The Kier molecular flexibility index (Phi) is 8.82. The Morgan fingerprint density at radius 3 is 2.34 bits per heavy atom. The van der Waals surface area contributed by atoms with Crippen molar-refractivity contribution in [1.29, 1.82) is 0 Å². The molecule has 0 saturated carbocycles. The van der Waals surface area contributed by atoms with Gasteiger partial charge in [0.25, 0.3) is 5.91 Å². The summed E-state index contributed by atoms with van der Waals surface area (Å²) in [6, 6.07) is 13.1. The molecular formula is C22H30N4O3. The zero-order valence-electron chi connectivity index (χ0n) is 17.5. The number of aliphatic imine (C=N–C) groups is 1. The lowest BCUT2D eigenvalue weighted by Gasteiger charge is -2.13. The molecule has 29 heavy (non-hydrogen) atoms. The van der Waals surface area contributed by atoms with Crippen LogP contribution in [0.2, 0.25) is 0 Å². The predicted octanol–water partition coefficient (Wildman–Crippen LogP) is 2.50. The van der Waals surface area contributed by atoms with Gasteiger partial charge in [-0.1, -0.05) is 12.1 Å². The van der Waals surface area contributed by atoms with Gasteiger partial charge in [-0.2, -0.15) is 0 Å². The summed E-state index contributed by atoms with van der Waals surface area (Å²) < 4.78 is 10.5. The van der Waals surface area contributed by atoms with Gasteiger partial charge in [0, 0.05) is 30.8 Å². The number of nitrogens with one attached hydrogen (secondary N) is 3. The fourth-order valence-corrected chi connectivity index (χ4v) is 2.69. The monoisotopic (exact) mass is 398 g/mol. The van der Waals surface area contributed by atoms with E-state index in [4.69, 9.17) is 9.47 Å². The van der Waals surface area contributed by atoms with E-state index in [2.05, 4.69) is 20.9 Å². The second-order valence-corrected chi connectivity index (χ2v) is 6.42. The first-order chi connectivity index (χ1) is 14.1. The van der Waals surface area contributed by atoms with Gasteiger partial charge in [-0.3, -0.25) is 4.79 Å². The first-order valence-corrected chi connectivity index (χ1v) is 9.65. The molecule has 7 heteroatoms. The predicted molar refractivity (Wildman–Crippen MR) is 116 cm³/mol. The summed E-state index contributed by atoms with van der Waals surface area (Å²) in [7, 11) is 3.26. The second-order valence-electron chi connectivity index (χ2n) is 6.42. The average Bonchev–Trinajstić information content (AvgIpc) is 2.75. The second kappa shape index (κ2) is 11.6. The first kappa shape index (κ1) is 22.1. The van der Waals surface area contributed by atoms with E-state index in [1.807, 2.05) is 32.0 Å². The van der Waals surface area contributed by atoms with Gasteiger partial charge in [0.15, 0.2) is 5.96 Å². The van der Waals surface area contributed by atoms with Crippen molar-refractivity contribution in [2.75, 3.05) is 33.9 Å². The molecule has 0 aliphatic carbocycles. The number of methoxy groups -OCH3 is 2. The van der Waals surface area contributed by atoms with E-state index in [-0.39, 0.29) is 5.91 Å². The zero-order valence-corrected chi connectivity index (χ0v) is 17.5. The third kappa shape index (κ3) is 7.03. The van der Waals surface area contributed by atoms with E-state index in [1.165, 1.54) is 0 Å². The van der Waals surface area contributed by atoms with Gasteiger partial charge in [-0.15, -0.1) is 0 Å². The topological polar surface area (TPSA) is 84.0 Å². The number of aryl methyl sites for hydroxylation is 1. The molecule has 156 valence electrons. The summed E-state index contributed by atoms with van der Waals surface area (Å²) in [6.07, 6.45) is 0. The molecule has 0 bridgehead atoms. The van der Waals surface area contributed by atoms with Crippen molar-refractivity contribution in [3.63, 3.8) is 0 Å². The Morgan fingerprint density at radius 2 is 1.69 bits per heavy atom. The van der Waals surface area contributed by atoms with E-state index in [1.54, 1.807) is 38.5 Å². The number of benzene rings is 2. The van der Waals surface area contributed by atoms with Crippen molar-refractivity contribution in [3.05, 3.63) is 59.2 Å². The Balaban J connectivity index is 1.85. The molecule has 3 N–H and O–H groups in total. The third-order valence-corrected chi connectivity index (χ3v) is 4.25. The van der Waals surface area contributed by atoms with Crippen LogP contribution in [0.3, 0.4) is 0 Å². The van der Waals surface area contributed by atoms with Crippen LogP contribution in [0.1, 0.15) is 28.4 Å². The van der Waals surface area contributed by atoms with Gasteiger partial charge in [0.05, 0.1) is 20.8 Å². The van der Waals surface area contributed by atoms with Crippen LogP contribution in [0.25, 0.3) is 0 Å². The van der Waals surface area contributed by atoms with Gasteiger partial charge in [0.1, 0.15) is 11.5 Å². The maximum absolute atomic E-state index is 12.2. The number of amides is 1. The molecule has 0 saturated heterocycles. The van der Waals surface area contributed by atoms with Crippen molar-refractivity contribution in [2.24, 2.45) is 4.99 Å². The summed E-state index contributed by atoms with van der Waals surface area (Å²) in [5, 5.41) is 9.32. The molecule has 2 aromatic rings. The highest BCUT2D eigenvalue weighted by molar-refractivity contribution is 5.94. The van der Waals surface area contributed by atoms with Crippen LogP contribution in [-0.4, -0.2) is 45.7 Å². The van der Waals surface area contributed by atoms with Crippen LogP contribution < -0.4 is 25.4 Å². The van der Waals surface area contributed by atoms with Gasteiger partial charge in [-0.25, -0.2) is 4.99 Å². The van der Waals surface area contributed by atoms with Crippen molar-refractivity contribution in [1.82, 2.24) is 16.0 Å². The number of ether oxygens (including phenoxy) is 2. The maximum atomic E-state index is 12.2. The highest BCUT2D eigenvalue weighted by Crippen LogP contribution is 2.20. The van der Waals surface area contributed by atoms with Crippen LogP contribution >= 0.6 is 0 Å². The van der Waals surface area contributed by atoms with Gasteiger partial charge < -0.3 is 25.4 Å². The van der Waals surface area contributed by atoms with E-state index in [0.717, 1.165) is 29.2 Å². The molecule has 0 aromatic heterocycles. The Labute approximate surface area is 172 Å². The van der Waals surface area contributed by atoms with E-state index < -0.39 is 0 Å². The number of guanidine groups is 1. The quantitative estimate of drug-likeness (QED) is 0.343. The smallest absolute Gasteiger partial charge is 0.251 e. The van der Waals surface area contributed by atoms with E-state index >= 15 is 0 Å². The number of nitrogens with zero attached hydrogens (tertiary/aromatic N) is 1. The summed E-state index contributed by atoms with van der Waals surface area (Å²) in [5.74, 6) is 2.12. The summed E-state index contributed by atoms with van der Waals surface area (Å²) in [5.41, 5.74) is 2.76. The minimum absolute atomic E-state index is 0.124. The lowest BCUT2D eigenvalue weighted by atomic mass is 10.1. The SMILES string of the molecule is CCNC(=NCc1ccc(C)cc1OC)NCCNC(=O)c1ccc(OC)cc1. The number of carbonyl (C=O) groups excluding carboxylic acids is 1. The minimum Gasteiger partial charge on any atom is -0.497 e. The van der Waals surface area contributed by atoms with Crippen LogP contribution in [0.15, 0.2) is 47.5 Å². The fourth-order valence-electron chi connectivity index (χ4n) is 2.69. The summed E-state index contributed by atoms with van der Waals surface area (Å²) in [4.78, 5) is 16.8. The number of carbonyl (C=O) groups is 1. The Morgan fingerprint density at radius 1 is 0.966 bits per heavy atom. The van der Waals surface area contributed by atoms with E-state index in [0.29, 0.717) is 31.2 Å². The highest BCUT2D eigenvalue weighted by atomic mass is 16.5. The number of hydrogen-bond acceptors (Lipinski definition) is 4. The first-order valence-electron chi connectivity index (χ1n) is 9.65. The highest BCUT2D eigenvalue weighted by Gasteiger charge is 2.06. The molecular weight excluding hydrogens is 368 g/mol. The molecule has 1 amide bonds. The van der Waals surface area contributed by atoms with Crippen LogP contribution in [0.4, 0.5) is 0 Å². The minimum atomic E-state index is -0.124. The van der Waals surface area contributed by atoms with Gasteiger partial charge in [0.2, 0.25) is 0 Å². The van der Waals surface area contributed by atoms with Crippen molar-refractivity contribution in [2.45, 2.75) is 20.4 Å². The normalized spacial score (nSPS) is 11.0. The number of rotatable bonds is 9. The molecule has 0 unspecified atom stereocenters. The van der Waals surface area contributed by atoms with Gasteiger partial charge in [-0.05, 0) is 49.7 Å². The van der Waals surface area contributed by atoms with Crippen LogP contribution in [-0.2, 0) is 6.54 Å². The van der Waals surface area contributed by atoms with E-state index in [9.17, 15) is 4.79 Å². The Bertz CT molecular complexity index is 819. The van der Waals surface area contributed by atoms with Crippen molar-refractivity contribution < 1.29 is 14.3 Å². The molecule has 0 heterocycles. The molecule has 7 nitrogen and oxygen atoms in total. The molecule has 0 aliphatic heterocycles. The molecule has 0 spiro atoms. The lowest BCUT2D eigenvalue weighted by Crippen LogP contribution is -2.41. The fraction of sp³-hybridized carbons (Fsp3) is 0.364. The van der Waals surface area contributed by atoms with Crippen LogP contribution in [0.5, 0.6) is 11.5 Å². The molecule has 0 aliphatic rings. The molecule has 2 rings (SSSR count). The molecule has 0 fully saturated rings. The standard InChI is InChI=1S/C22H30N4O3/c1-5-23-22(26-15-18-7-6-16(2)14-20(18)29-4)25-13-12-24-21(27)17-8-10-19(28-3)11-9-17/h6-11,14H,5,12-13,15H2,1-4H3,(H,24,27)(H2,23,25,26). The largest absolute Gasteiger partial charge is 0.497 e. The van der Waals surface area contributed by atoms with Gasteiger partial charge >= 0.3 is 0 Å². The lowest BCUT2D eigenvalue weighted by molar-refractivity contribution is 0.0954. The zero-order chi connectivity index (χ0) is 21.1. The summed E-state index contributed by atoms with van der Waals surface area (Å²) >= 11 is 0. The van der Waals surface area contributed by atoms with Crippen molar-refractivity contribution in [3.8, 4) is 11.5 Å². The maximum Gasteiger partial charge on any atom is 0.251 e. The average molecular weight is 399 g/mol. The van der Waals surface area contributed by atoms with Crippen LogP contribution in [0, 0.1) is 6.92 Å².